The van der Waals surface area contributed by atoms with E-state index in [0.717, 1.165) is 18.7 Å². The molecule has 0 bridgehead atoms. The molecule has 1 saturated heterocycles. The monoisotopic (exact) mass is 261 g/mol. The number of likely N-dealkylation sites (tertiary alicyclic amines) is 1. The highest BCUT2D eigenvalue weighted by Crippen LogP contribution is 2.41. The van der Waals surface area contributed by atoms with E-state index >= 15 is 0 Å². The summed E-state index contributed by atoms with van der Waals surface area (Å²) in [5.41, 5.74) is 2.78. The highest BCUT2D eigenvalue weighted by molar-refractivity contribution is 5.37. The number of aryl methyl sites for hydroxylation is 1. The van der Waals surface area contributed by atoms with Gasteiger partial charge >= 0.3 is 0 Å². The first-order valence-corrected chi connectivity index (χ1v) is 7.55. The Morgan fingerprint density at radius 1 is 1.32 bits per heavy atom. The predicted octanol–water partition coefficient (Wildman–Crippen LogP) is 4.27. The van der Waals surface area contributed by atoms with Crippen molar-refractivity contribution in [1.82, 2.24) is 4.90 Å². The Labute approximate surface area is 117 Å². The van der Waals surface area contributed by atoms with E-state index in [-0.39, 0.29) is 0 Å². The van der Waals surface area contributed by atoms with E-state index in [1.807, 2.05) is 12.1 Å². The third kappa shape index (κ3) is 2.79. The fourth-order valence-electron chi connectivity index (χ4n) is 3.33. The van der Waals surface area contributed by atoms with Gasteiger partial charge in [-0.3, -0.25) is 4.90 Å². The van der Waals surface area contributed by atoms with Gasteiger partial charge in [0.1, 0.15) is 5.75 Å². The zero-order valence-electron chi connectivity index (χ0n) is 12.7. The number of hydrogen-bond acceptors (Lipinski definition) is 2. The molecule has 0 saturated carbocycles. The quantitative estimate of drug-likeness (QED) is 0.874. The van der Waals surface area contributed by atoms with Gasteiger partial charge in [-0.2, -0.15) is 0 Å². The Hall–Kier alpha value is -1.02. The maximum absolute atomic E-state index is 10.1. The lowest BCUT2D eigenvalue weighted by atomic mass is 9.82. The largest absolute Gasteiger partial charge is 0.508 e. The maximum Gasteiger partial charge on any atom is 0.120 e. The van der Waals surface area contributed by atoms with Crippen molar-refractivity contribution in [2.45, 2.75) is 53.0 Å². The summed E-state index contributed by atoms with van der Waals surface area (Å²) in [5.74, 6) is 0.434. The van der Waals surface area contributed by atoms with Gasteiger partial charge in [0.2, 0.25) is 0 Å². The minimum Gasteiger partial charge on any atom is -0.508 e. The molecule has 1 fully saturated rings. The normalized spacial score (nSPS) is 20.6. The van der Waals surface area contributed by atoms with Crippen molar-refractivity contribution in [1.29, 1.82) is 0 Å². The average Bonchev–Trinajstić information content (AvgIpc) is 2.86. The van der Waals surface area contributed by atoms with Crippen LogP contribution >= 0.6 is 0 Å². The first kappa shape index (κ1) is 14.4. The predicted molar refractivity (Wildman–Crippen MR) is 80.5 cm³/mol. The molecule has 1 aromatic rings. The molecule has 1 aliphatic rings. The lowest BCUT2D eigenvalue weighted by Crippen LogP contribution is -2.28. The number of hydrogen-bond donors (Lipinski definition) is 1. The Bertz CT molecular complexity index is 437. The molecular formula is C17H27NO. The first-order chi connectivity index (χ1) is 9.01. The average molecular weight is 261 g/mol. The van der Waals surface area contributed by atoms with E-state index in [2.05, 4.69) is 38.7 Å². The Kier molecular flexibility index (Phi) is 4.19. The van der Waals surface area contributed by atoms with Gasteiger partial charge < -0.3 is 5.11 Å². The molecule has 2 heteroatoms. The van der Waals surface area contributed by atoms with Crippen molar-refractivity contribution in [2.75, 3.05) is 13.1 Å². The van der Waals surface area contributed by atoms with Crippen LogP contribution in [-0.2, 0) is 0 Å². The second kappa shape index (κ2) is 5.54. The molecule has 1 unspecified atom stereocenters. The van der Waals surface area contributed by atoms with E-state index in [1.165, 1.54) is 24.8 Å². The SMILES string of the molecule is CCC1(CC)CCN(C(C)c2cc(C)ccc2O)C1. The summed E-state index contributed by atoms with van der Waals surface area (Å²) in [4.78, 5) is 2.53. The van der Waals surface area contributed by atoms with Crippen molar-refractivity contribution < 1.29 is 5.11 Å². The van der Waals surface area contributed by atoms with E-state index in [1.54, 1.807) is 0 Å². The van der Waals surface area contributed by atoms with Crippen LogP contribution in [0.1, 0.15) is 57.2 Å². The number of phenolic OH excluding ortho intramolecular Hbond substituents is 1. The highest BCUT2D eigenvalue weighted by Gasteiger charge is 2.37. The van der Waals surface area contributed by atoms with Gasteiger partial charge in [-0.25, -0.2) is 0 Å². The van der Waals surface area contributed by atoms with Gasteiger partial charge in [0.25, 0.3) is 0 Å². The Morgan fingerprint density at radius 2 is 2.00 bits per heavy atom. The lowest BCUT2D eigenvalue weighted by Gasteiger charge is -2.30. The third-order valence-electron chi connectivity index (χ3n) is 5.15. The molecule has 106 valence electrons. The van der Waals surface area contributed by atoms with Gasteiger partial charge in [0.15, 0.2) is 0 Å². The fourth-order valence-corrected chi connectivity index (χ4v) is 3.33. The van der Waals surface area contributed by atoms with Gasteiger partial charge in [-0.05, 0) is 51.1 Å². The third-order valence-corrected chi connectivity index (χ3v) is 5.15. The van der Waals surface area contributed by atoms with Crippen molar-refractivity contribution in [3.63, 3.8) is 0 Å². The van der Waals surface area contributed by atoms with Crippen LogP contribution in [-0.4, -0.2) is 23.1 Å². The van der Waals surface area contributed by atoms with Crippen LogP contribution in [0.2, 0.25) is 0 Å². The minimum absolute atomic E-state index is 0.305. The summed E-state index contributed by atoms with van der Waals surface area (Å²) in [7, 11) is 0. The number of nitrogens with zero attached hydrogens (tertiary/aromatic N) is 1. The van der Waals surface area contributed by atoms with Crippen LogP contribution in [0, 0.1) is 12.3 Å². The molecule has 1 aliphatic heterocycles. The summed E-state index contributed by atoms with van der Waals surface area (Å²) in [6.07, 6.45) is 3.80. The van der Waals surface area contributed by atoms with E-state index in [4.69, 9.17) is 0 Å². The molecule has 0 spiro atoms. The Morgan fingerprint density at radius 3 is 2.58 bits per heavy atom. The minimum atomic E-state index is 0.305. The summed E-state index contributed by atoms with van der Waals surface area (Å²) in [6, 6.07) is 6.22. The highest BCUT2D eigenvalue weighted by atomic mass is 16.3. The smallest absolute Gasteiger partial charge is 0.120 e. The molecule has 0 aromatic heterocycles. The number of rotatable bonds is 4. The van der Waals surface area contributed by atoms with Crippen molar-refractivity contribution in [3.8, 4) is 5.75 Å². The molecule has 2 nitrogen and oxygen atoms in total. The van der Waals surface area contributed by atoms with E-state index < -0.39 is 0 Å². The summed E-state index contributed by atoms with van der Waals surface area (Å²) in [5, 5.41) is 10.1. The number of phenols is 1. The van der Waals surface area contributed by atoms with E-state index in [0.29, 0.717) is 17.2 Å². The fraction of sp³-hybridized carbons (Fsp3) is 0.647. The first-order valence-electron chi connectivity index (χ1n) is 7.55. The van der Waals surface area contributed by atoms with Crippen molar-refractivity contribution in [3.05, 3.63) is 29.3 Å². The molecule has 0 radical (unpaired) electrons. The second-order valence-electron chi connectivity index (χ2n) is 6.17. The summed E-state index contributed by atoms with van der Waals surface area (Å²) >= 11 is 0. The topological polar surface area (TPSA) is 23.5 Å². The zero-order chi connectivity index (χ0) is 14.0. The van der Waals surface area contributed by atoms with Crippen LogP contribution in [0.3, 0.4) is 0 Å². The van der Waals surface area contributed by atoms with Gasteiger partial charge in [-0.15, -0.1) is 0 Å². The summed E-state index contributed by atoms with van der Waals surface area (Å²) < 4.78 is 0. The maximum atomic E-state index is 10.1. The molecule has 1 atom stereocenters. The van der Waals surface area contributed by atoms with Gasteiger partial charge in [0, 0.05) is 18.2 Å². The van der Waals surface area contributed by atoms with Crippen molar-refractivity contribution in [2.24, 2.45) is 5.41 Å². The number of aromatic hydroxyl groups is 1. The van der Waals surface area contributed by atoms with Crippen LogP contribution in [0.25, 0.3) is 0 Å². The molecule has 1 heterocycles. The molecule has 2 rings (SSSR count). The van der Waals surface area contributed by atoms with Crippen molar-refractivity contribution >= 4 is 0 Å². The van der Waals surface area contributed by atoms with Crippen LogP contribution in [0.4, 0.5) is 0 Å². The zero-order valence-corrected chi connectivity index (χ0v) is 12.7. The molecule has 0 amide bonds. The van der Waals surface area contributed by atoms with E-state index in [9.17, 15) is 5.11 Å². The molecule has 19 heavy (non-hydrogen) atoms. The molecule has 0 aliphatic carbocycles. The van der Waals surface area contributed by atoms with Gasteiger partial charge in [0.05, 0.1) is 0 Å². The molecule has 1 aromatic carbocycles. The molecule has 1 N–H and O–H groups in total. The van der Waals surface area contributed by atoms with Crippen LogP contribution in [0.15, 0.2) is 18.2 Å². The molecular weight excluding hydrogens is 234 g/mol. The lowest BCUT2D eigenvalue weighted by molar-refractivity contribution is 0.202. The second-order valence-corrected chi connectivity index (χ2v) is 6.17. The van der Waals surface area contributed by atoms with Crippen LogP contribution < -0.4 is 0 Å². The number of benzene rings is 1. The standard InChI is InChI=1S/C17H27NO/c1-5-17(6-2)9-10-18(12-17)14(4)15-11-13(3)7-8-16(15)19/h7-8,11,14,19H,5-6,9-10,12H2,1-4H3. The summed E-state index contributed by atoms with van der Waals surface area (Å²) in [6.45, 7) is 11.2. The van der Waals surface area contributed by atoms with Gasteiger partial charge in [-0.1, -0.05) is 31.5 Å². The van der Waals surface area contributed by atoms with Crippen LogP contribution in [0.5, 0.6) is 5.75 Å². The Balaban J connectivity index is 2.17.